The maximum atomic E-state index is 13.5. The number of thioether (sulfide) groups is 1. The van der Waals surface area contributed by atoms with E-state index in [4.69, 9.17) is 5.11 Å². The van der Waals surface area contributed by atoms with E-state index in [9.17, 15) is 9.18 Å². The zero-order valence-corrected chi connectivity index (χ0v) is 12.6. The van der Waals surface area contributed by atoms with E-state index in [2.05, 4.69) is 9.97 Å². The predicted octanol–water partition coefficient (Wildman–Crippen LogP) is 3.15. The zero-order chi connectivity index (χ0) is 15.4. The van der Waals surface area contributed by atoms with Crippen LogP contribution in [-0.4, -0.2) is 21.0 Å². The smallest absolute Gasteiger partial charge is 0.307 e. The first kappa shape index (κ1) is 15.4. The summed E-state index contributed by atoms with van der Waals surface area (Å²) in [5, 5.41) is 8.87. The van der Waals surface area contributed by atoms with E-state index in [0.717, 1.165) is 0 Å². The standard InChI is InChI=1S/C15H15FN2O2S/c1-9-11(7-15(19)20)10(2)18-14(17-9)8-21-13-6-4-3-5-12(13)16/h3-6H,7-8H2,1-2H3,(H,19,20). The third-order valence-corrected chi connectivity index (χ3v) is 4.03. The lowest BCUT2D eigenvalue weighted by Gasteiger charge is -2.09. The molecule has 6 heteroatoms. The number of carbonyl (C=O) groups is 1. The van der Waals surface area contributed by atoms with Gasteiger partial charge < -0.3 is 5.11 Å². The molecule has 1 aromatic carbocycles. The summed E-state index contributed by atoms with van der Waals surface area (Å²) in [6.07, 6.45) is -0.0849. The lowest BCUT2D eigenvalue weighted by atomic mass is 10.1. The molecule has 0 radical (unpaired) electrons. The van der Waals surface area contributed by atoms with E-state index in [-0.39, 0.29) is 12.2 Å². The molecule has 0 saturated carbocycles. The molecule has 0 aliphatic heterocycles. The lowest BCUT2D eigenvalue weighted by Crippen LogP contribution is -2.09. The highest BCUT2D eigenvalue weighted by Crippen LogP contribution is 2.24. The van der Waals surface area contributed by atoms with Crippen molar-refractivity contribution >= 4 is 17.7 Å². The Morgan fingerprint density at radius 3 is 2.43 bits per heavy atom. The number of rotatable bonds is 5. The third-order valence-electron chi connectivity index (χ3n) is 2.99. The van der Waals surface area contributed by atoms with Crippen LogP contribution in [0, 0.1) is 19.7 Å². The molecular weight excluding hydrogens is 291 g/mol. The number of aromatic nitrogens is 2. The summed E-state index contributed by atoms with van der Waals surface area (Å²) in [7, 11) is 0. The van der Waals surface area contributed by atoms with Crippen LogP contribution in [0.3, 0.4) is 0 Å². The van der Waals surface area contributed by atoms with Crippen molar-refractivity contribution in [3.8, 4) is 0 Å². The molecule has 4 nitrogen and oxygen atoms in total. The normalized spacial score (nSPS) is 10.6. The molecule has 1 aromatic heterocycles. The van der Waals surface area contributed by atoms with Crippen molar-refractivity contribution < 1.29 is 14.3 Å². The van der Waals surface area contributed by atoms with Crippen molar-refractivity contribution in [2.24, 2.45) is 0 Å². The van der Waals surface area contributed by atoms with Crippen LogP contribution in [0.5, 0.6) is 0 Å². The number of hydrogen-bond acceptors (Lipinski definition) is 4. The van der Waals surface area contributed by atoms with Crippen LogP contribution in [-0.2, 0) is 17.0 Å². The molecule has 0 aliphatic rings. The number of halogens is 1. The van der Waals surface area contributed by atoms with Crippen LogP contribution in [0.2, 0.25) is 0 Å². The summed E-state index contributed by atoms with van der Waals surface area (Å²) in [5.74, 6) is -0.153. The van der Waals surface area contributed by atoms with E-state index >= 15 is 0 Å². The molecule has 2 rings (SSSR count). The summed E-state index contributed by atoms with van der Waals surface area (Å²) in [6.45, 7) is 3.54. The van der Waals surface area contributed by atoms with Gasteiger partial charge in [0.25, 0.3) is 0 Å². The van der Waals surface area contributed by atoms with Crippen LogP contribution in [0.4, 0.5) is 4.39 Å². The Labute approximate surface area is 126 Å². The quantitative estimate of drug-likeness (QED) is 0.860. The van der Waals surface area contributed by atoms with Crippen LogP contribution in [0.15, 0.2) is 29.2 Å². The van der Waals surface area contributed by atoms with Gasteiger partial charge in [-0.15, -0.1) is 11.8 Å². The molecule has 21 heavy (non-hydrogen) atoms. The first-order valence-electron chi connectivity index (χ1n) is 6.39. The Balaban J connectivity index is 2.15. The third kappa shape index (κ3) is 4.01. The van der Waals surface area contributed by atoms with Gasteiger partial charge in [0, 0.05) is 21.8 Å². The number of benzene rings is 1. The Bertz CT molecular complexity index is 653. The van der Waals surface area contributed by atoms with Gasteiger partial charge in [-0.1, -0.05) is 12.1 Å². The second kappa shape index (κ2) is 6.67. The van der Waals surface area contributed by atoms with Crippen LogP contribution >= 0.6 is 11.8 Å². The minimum atomic E-state index is -0.904. The second-order valence-corrected chi connectivity index (χ2v) is 5.60. The Hall–Kier alpha value is -1.95. The Morgan fingerprint density at radius 2 is 1.86 bits per heavy atom. The summed E-state index contributed by atoms with van der Waals surface area (Å²) in [6, 6.07) is 6.54. The molecule has 0 bridgehead atoms. The van der Waals surface area contributed by atoms with Gasteiger partial charge in [0.2, 0.25) is 0 Å². The van der Waals surface area contributed by atoms with Gasteiger partial charge >= 0.3 is 5.97 Å². The van der Waals surface area contributed by atoms with E-state index in [1.807, 2.05) is 0 Å². The van der Waals surface area contributed by atoms with Gasteiger partial charge in [0.05, 0.1) is 12.2 Å². The van der Waals surface area contributed by atoms with Gasteiger partial charge in [-0.05, 0) is 26.0 Å². The number of aliphatic carboxylic acids is 1. The van der Waals surface area contributed by atoms with Crippen molar-refractivity contribution in [3.05, 3.63) is 52.9 Å². The fourth-order valence-corrected chi connectivity index (χ4v) is 2.78. The Kier molecular flexibility index (Phi) is 4.90. The van der Waals surface area contributed by atoms with Crippen molar-refractivity contribution in [2.45, 2.75) is 30.9 Å². The minimum absolute atomic E-state index is 0.0849. The number of aryl methyl sites for hydroxylation is 2. The fourth-order valence-electron chi connectivity index (χ4n) is 1.98. The minimum Gasteiger partial charge on any atom is -0.481 e. The monoisotopic (exact) mass is 306 g/mol. The predicted molar refractivity (Wildman–Crippen MR) is 78.8 cm³/mol. The molecule has 110 valence electrons. The Morgan fingerprint density at radius 1 is 1.24 bits per heavy atom. The van der Waals surface area contributed by atoms with Gasteiger partial charge in [-0.2, -0.15) is 0 Å². The largest absolute Gasteiger partial charge is 0.481 e. The van der Waals surface area contributed by atoms with E-state index in [1.165, 1.54) is 17.8 Å². The van der Waals surface area contributed by atoms with Crippen LogP contribution in [0.25, 0.3) is 0 Å². The van der Waals surface area contributed by atoms with Crippen LogP contribution < -0.4 is 0 Å². The van der Waals surface area contributed by atoms with Crippen molar-refractivity contribution in [1.82, 2.24) is 9.97 Å². The highest BCUT2D eigenvalue weighted by atomic mass is 32.2. The van der Waals surface area contributed by atoms with E-state index in [0.29, 0.717) is 33.4 Å². The molecule has 1 N–H and O–H groups in total. The summed E-state index contributed by atoms with van der Waals surface area (Å²) >= 11 is 1.32. The van der Waals surface area contributed by atoms with E-state index in [1.54, 1.807) is 32.0 Å². The molecule has 2 aromatic rings. The highest BCUT2D eigenvalue weighted by molar-refractivity contribution is 7.98. The molecule has 1 heterocycles. The summed E-state index contributed by atoms with van der Waals surface area (Å²) in [4.78, 5) is 20.0. The molecule has 0 aliphatic carbocycles. The van der Waals surface area contributed by atoms with Gasteiger partial charge in [0.15, 0.2) is 0 Å². The second-order valence-electron chi connectivity index (χ2n) is 4.58. The fraction of sp³-hybridized carbons (Fsp3) is 0.267. The first-order valence-corrected chi connectivity index (χ1v) is 7.38. The van der Waals surface area contributed by atoms with Crippen molar-refractivity contribution in [2.75, 3.05) is 0 Å². The number of hydrogen-bond donors (Lipinski definition) is 1. The maximum absolute atomic E-state index is 13.5. The van der Waals surface area contributed by atoms with Gasteiger partial charge in [0.1, 0.15) is 11.6 Å². The lowest BCUT2D eigenvalue weighted by molar-refractivity contribution is -0.136. The number of nitrogens with zero attached hydrogens (tertiary/aromatic N) is 2. The molecule has 0 spiro atoms. The number of carboxylic acids is 1. The molecule has 0 fully saturated rings. The topological polar surface area (TPSA) is 63.1 Å². The summed E-state index contributed by atoms with van der Waals surface area (Å²) in [5.41, 5.74) is 1.96. The average molecular weight is 306 g/mol. The van der Waals surface area contributed by atoms with Crippen molar-refractivity contribution in [3.63, 3.8) is 0 Å². The SMILES string of the molecule is Cc1nc(CSc2ccccc2F)nc(C)c1CC(=O)O. The van der Waals surface area contributed by atoms with Crippen LogP contribution in [0.1, 0.15) is 22.8 Å². The molecular formula is C15H15FN2O2S. The van der Waals surface area contributed by atoms with Gasteiger partial charge in [-0.25, -0.2) is 14.4 Å². The maximum Gasteiger partial charge on any atom is 0.307 e. The van der Waals surface area contributed by atoms with Crippen molar-refractivity contribution in [1.29, 1.82) is 0 Å². The highest BCUT2D eigenvalue weighted by Gasteiger charge is 2.12. The molecule has 0 unspecified atom stereocenters. The molecule has 0 saturated heterocycles. The first-order chi connectivity index (χ1) is 9.97. The zero-order valence-electron chi connectivity index (χ0n) is 11.8. The van der Waals surface area contributed by atoms with Gasteiger partial charge in [-0.3, -0.25) is 4.79 Å². The molecule has 0 amide bonds. The van der Waals surface area contributed by atoms with E-state index < -0.39 is 5.97 Å². The summed E-state index contributed by atoms with van der Waals surface area (Å²) < 4.78 is 13.5. The average Bonchev–Trinajstić information content (AvgIpc) is 2.42. The number of carboxylic acid groups (broad SMARTS) is 1. The molecule has 0 atom stereocenters.